The molecule has 4 rings (SSSR count). The van der Waals surface area contributed by atoms with Crippen LogP contribution in [0, 0.1) is 0 Å². The van der Waals surface area contributed by atoms with Crippen LogP contribution in [0.2, 0.25) is 0 Å². The number of carbonyl (C=O) groups is 1. The number of rotatable bonds is 6. The standard InChI is InChI=1S/C26H25N3OS/c1-28(2)23-15-13-20(14-16-23)17-24-25(30)29(19-22-11-7-4-8-12-22)26(31-24)27-18-21-9-5-3-6-10-21/h3-17H,18-19H2,1-2H3. The van der Waals surface area contributed by atoms with Gasteiger partial charge in [0.25, 0.3) is 5.91 Å². The zero-order valence-corrected chi connectivity index (χ0v) is 18.5. The van der Waals surface area contributed by atoms with Gasteiger partial charge in [-0.1, -0.05) is 72.8 Å². The number of benzene rings is 3. The summed E-state index contributed by atoms with van der Waals surface area (Å²) >= 11 is 1.45. The lowest BCUT2D eigenvalue weighted by atomic mass is 10.1. The SMILES string of the molecule is CN(C)c1ccc(C=C2SC(=NCc3ccccc3)N(Cc3ccccc3)C2=O)cc1. The maximum absolute atomic E-state index is 13.3. The fourth-order valence-corrected chi connectivity index (χ4v) is 4.27. The first kappa shape index (κ1) is 20.9. The number of carbonyl (C=O) groups excluding carboxylic acids is 1. The Morgan fingerprint density at radius 2 is 1.48 bits per heavy atom. The van der Waals surface area contributed by atoms with Crippen LogP contribution in [0.5, 0.6) is 0 Å². The summed E-state index contributed by atoms with van der Waals surface area (Å²) in [6.07, 6.45) is 1.95. The first-order valence-corrected chi connectivity index (χ1v) is 11.0. The molecule has 1 amide bonds. The van der Waals surface area contributed by atoms with E-state index < -0.39 is 0 Å². The Kier molecular flexibility index (Phi) is 6.53. The number of anilines is 1. The average Bonchev–Trinajstić information content (AvgIpc) is 3.08. The van der Waals surface area contributed by atoms with E-state index in [1.807, 2.05) is 80.8 Å². The lowest BCUT2D eigenvalue weighted by molar-refractivity contribution is -0.122. The van der Waals surface area contributed by atoms with Gasteiger partial charge in [-0.25, -0.2) is 0 Å². The molecular formula is C26H25N3OS. The van der Waals surface area contributed by atoms with Crippen LogP contribution >= 0.6 is 11.8 Å². The highest BCUT2D eigenvalue weighted by atomic mass is 32.2. The van der Waals surface area contributed by atoms with Gasteiger partial charge in [0.15, 0.2) is 5.17 Å². The van der Waals surface area contributed by atoms with E-state index in [4.69, 9.17) is 4.99 Å². The van der Waals surface area contributed by atoms with Crippen LogP contribution in [0.4, 0.5) is 5.69 Å². The summed E-state index contributed by atoms with van der Waals surface area (Å²) in [4.78, 5) is 22.6. The van der Waals surface area contributed by atoms with E-state index in [2.05, 4.69) is 29.2 Å². The third-order valence-corrected chi connectivity index (χ3v) is 6.06. The van der Waals surface area contributed by atoms with Crippen LogP contribution in [-0.4, -0.2) is 30.1 Å². The van der Waals surface area contributed by atoms with Crippen molar-refractivity contribution < 1.29 is 4.79 Å². The zero-order valence-electron chi connectivity index (χ0n) is 17.7. The van der Waals surface area contributed by atoms with Gasteiger partial charge in [0.05, 0.1) is 18.0 Å². The molecule has 0 unspecified atom stereocenters. The molecule has 1 fully saturated rings. The molecule has 0 bridgehead atoms. The van der Waals surface area contributed by atoms with Gasteiger partial charge in [-0.2, -0.15) is 0 Å². The first-order chi connectivity index (χ1) is 15.1. The van der Waals surface area contributed by atoms with Crippen molar-refractivity contribution in [1.82, 2.24) is 4.90 Å². The van der Waals surface area contributed by atoms with Gasteiger partial charge in [-0.15, -0.1) is 0 Å². The third-order valence-electron chi connectivity index (χ3n) is 5.02. The molecule has 3 aromatic carbocycles. The Balaban J connectivity index is 1.61. The molecule has 0 aromatic heterocycles. The Labute approximate surface area is 187 Å². The summed E-state index contributed by atoms with van der Waals surface area (Å²) in [5.74, 6) is -0.00245. The molecule has 0 saturated carbocycles. The molecule has 1 aliphatic heterocycles. The zero-order chi connectivity index (χ0) is 21.6. The van der Waals surface area contributed by atoms with E-state index >= 15 is 0 Å². The van der Waals surface area contributed by atoms with Crippen molar-refractivity contribution in [3.8, 4) is 0 Å². The molecule has 31 heavy (non-hydrogen) atoms. The van der Waals surface area contributed by atoms with Gasteiger partial charge in [-0.05, 0) is 46.7 Å². The highest BCUT2D eigenvalue weighted by Crippen LogP contribution is 2.34. The topological polar surface area (TPSA) is 35.9 Å². The summed E-state index contributed by atoms with van der Waals surface area (Å²) in [5, 5.41) is 0.744. The summed E-state index contributed by atoms with van der Waals surface area (Å²) in [5.41, 5.74) is 4.34. The summed E-state index contributed by atoms with van der Waals surface area (Å²) in [7, 11) is 4.03. The summed E-state index contributed by atoms with van der Waals surface area (Å²) in [6.45, 7) is 1.06. The molecule has 4 nitrogen and oxygen atoms in total. The van der Waals surface area contributed by atoms with Gasteiger partial charge in [0.2, 0.25) is 0 Å². The van der Waals surface area contributed by atoms with Crippen LogP contribution < -0.4 is 4.90 Å². The molecule has 1 heterocycles. The molecule has 5 heteroatoms. The van der Waals surface area contributed by atoms with Gasteiger partial charge in [0, 0.05) is 19.8 Å². The Bertz CT molecular complexity index is 1090. The Hall–Kier alpha value is -3.31. The van der Waals surface area contributed by atoms with E-state index in [9.17, 15) is 4.79 Å². The van der Waals surface area contributed by atoms with Crippen LogP contribution in [-0.2, 0) is 17.9 Å². The number of hydrogen-bond acceptors (Lipinski definition) is 4. The highest BCUT2D eigenvalue weighted by molar-refractivity contribution is 8.18. The second-order valence-electron chi connectivity index (χ2n) is 7.56. The van der Waals surface area contributed by atoms with E-state index in [1.165, 1.54) is 11.8 Å². The van der Waals surface area contributed by atoms with Gasteiger partial charge in [0.1, 0.15) is 0 Å². The number of thioether (sulfide) groups is 1. The number of nitrogens with zero attached hydrogens (tertiary/aromatic N) is 3. The lowest BCUT2D eigenvalue weighted by Crippen LogP contribution is -2.28. The van der Waals surface area contributed by atoms with Crippen molar-refractivity contribution in [3.63, 3.8) is 0 Å². The van der Waals surface area contributed by atoms with Crippen molar-refractivity contribution in [1.29, 1.82) is 0 Å². The van der Waals surface area contributed by atoms with Crippen LogP contribution in [0.1, 0.15) is 16.7 Å². The highest BCUT2D eigenvalue weighted by Gasteiger charge is 2.33. The molecule has 0 radical (unpaired) electrons. The number of aliphatic imine (C=N–C) groups is 1. The molecule has 3 aromatic rings. The Morgan fingerprint density at radius 3 is 2.10 bits per heavy atom. The average molecular weight is 428 g/mol. The largest absolute Gasteiger partial charge is 0.378 e. The molecule has 0 atom stereocenters. The van der Waals surface area contributed by atoms with Crippen LogP contribution in [0.3, 0.4) is 0 Å². The van der Waals surface area contributed by atoms with Crippen molar-refractivity contribution >= 4 is 34.6 Å². The fourth-order valence-electron chi connectivity index (χ4n) is 3.29. The molecule has 1 saturated heterocycles. The van der Waals surface area contributed by atoms with Crippen LogP contribution in [0.25, 0.3) is 6.08 Å². The normalized spacial score (nSPS) is 16.3. The molecular weight excluding hydrogens is 402 g/mol. The molecule has 1 aliphatic rings. The number of hydrogen-bond donors (Lipinski definition) is 0. The summed E-state index contributed by atoms with van der Waals surface area (Å²) in [6, 6.07) is 28.3. The van der Waals surface area contributed by atoms with E-state index in [-0.39, 0.29) is 5.91 Å². The minimum atomic E-state index is -0.00245. The van der Waals surface area contributed by atoms with Crippen molar-refractivity contribution in [2.45, 2.75) is 13.1 Å². The second-order valence-corrected chi connectivity index (χ2v) is 8.57. The predicted molar refractivity (Wildman–Crippen MR) is 131 cm³/mol. The maximum atomic E-state index is 13.3. The van der Waals surface area contributed by atoms with E-state index in [0.717, 1.165) is 27.5 Å². The van der Waals surface area contributed by atoms with Crippen LogP contribution in [0.15, 0.2) is 94.8 Å². The number of amidine groups is 1. The quantitative estimate of drug-likeness (QED) is 0.493. The Morgan fingerprint density at radius 1 is 0.871 bits per heavy atom. The first-order valence-electron chi connectivity index (χ1n) is 10.2. The monoisotopic (exact) mass is 427 g/mol. The predicted octanol–water partition coefficient (Wildman–Crippen LogP) is 5.43. The fraction of sp³-hybridized carbons (Fsp3) is 0.154. The summed E-state index contributed by atoms with van der Waals surface area (Å²) < 4.78 is 0. The molecule has 0 aliphatic carbocycles. The minimum absolute atomic E-state index is 0.00245. The third kappa shape index (κ3) is 5.25. The van der Waals surface area contributed by atoms with Crippen molar-refractivity contribution in [2.24, 2.45) is 4.99 Å². The molecule has 0 spiro atoms. The smallest absolute Gasteiger partial charge is 0.267 e. The van der Waals surface area contributed by atoms with Crippen molar-refractivity contribution in [3.05, 3.63) is 107 Å². The molecule has 0 N–H and O–H groups in total. The number of amides is 1. The maximum Gasteiger partial charge on any atom is 0.267 e. The van der Waals surface area contributed by atoms with Gasteiger partial charge in [-0.3, -0.25) is 14.7 Å². The second kappa shape index (κ2) is 9.67. The molecule has 156 valence electrons. The lowest BCUT2D eigenvalue weighted by Gasteiger charge is -2.15. The van der Waals surface area contributed by atoms with Crippen molar-refractivity contribution in [2.75, 3.05) is 19.0 Å². The van der Waals surface area contributed by atoms with E-state index in [0.29, 0.717) is 18.0 Å². The van der Waals surface area contributed by atoms with Gasteiger partial charge < -0.3 is 4.90 Å². The van der Waals surface area contributed by atoms with E-state index in [1.54, 1.807) is 4.90 Å². The van der Waals surface area contributed by atoms with Gasteiger partial charge >= 0.3 is 0 Å². The minimum Gasteiger partial charge on any atom is -0.378 e.